The maximum absolute atomic E-state index is 4.33. The molecular formula is C12H14BrN5. The zero-order chi connectivity index (χ0) is 13.0. The van der Waals surface area contributed by atoms with Crippen LogP contribution in [0.5, 0.6) is 0 Å². The first-order chi connectivity index (χ1) is 8.72. The molecule has 0 aliphatic heterocycles. The van der Waals surface area contributed by atoms with Crippen LogP contribution in [0.2, 0.25) is 0 Å². The van der Waals surface area contributed by atoms with Crippen molar-refractivity contribution in [1.82, 2.24) is 15.0 Å². The topological polar surface area (TPSA) is 62.7 Å². The molecule has 0 atom stereocenters. The van der Waals surface area contributed by atoms with Crippen molar-refractivity contribution in [3.8, 4) is 0 Å². The Morgan fingerprint density at radius 3 is 2.72 bits per heavy atom. The van der Waals surface area contributed by atoms with Gasteiger partial charge in [-0.3, -0.25) is 4.98 Å². The molecule has 0 aromatic carbocycles. The minimum absolute atomic E-state index is 0.630. The van der Waals surface area contributed by atoms with Crippen LogP contribution in [0.3, 0.4) is 0 Å². The molecule has 0 fully saturated rings. The van der Waals surface area contributed by atoms with Crippen LogP contribution in [0, 0.1) is 6.92 Å². The van der Waals surface area contributed by atoms with Crippen molar-refractivity contribution in [2.24, 2.45) is 0 Å². The average Bonchev–Trinajstić information content (AvgIpc) is 2.39. The molecule has 6 heteroatoms. The van der Waals surface area contributed by atoms with Gasteiger partial charge in [-0.05, 0) is 34.5 Å². The summed E-state index contributed by atoms with van der Waals surface area (Å²) in [4.78, 5) is 12.6. The van der Waals surface area contributed by atoms with E-state index in [0.29, 0.717) is 6.54 Å². The highest BCUT2D eigenvalue weighted by atomic mass is 79.9. The van der Waals surface area contributed by atoms with Gasteiger partial charge in [-0.1, -0.05) is 6.07 Å². The zero-order valence-corrected chi connectivity index (χ0v) is 11.8. The zero-order valence-electron chi connectivity index (χ0n) is 10.2. The van der Waals surface area contributed by atoms with Gasteiger partial charge in [-0.15, -0.1) is 0 Å². The van der Waals surface area contributed by atoms with Gasteiger partial charge >= 0.3 is 0 Å². The lowest BCUT2D eigenvalue weighted by Gasteiger charge is -2.10. The third-order valence-electron chi connectivity index (χ3n) is 2.57. The van der Waals surface area contributed by atoms with Crippen molar-refractivity contribution in [3.63, 3.8) is 0 Å². The lowest BCUT2D eigenvalue weighted by atomic mass is 10.2. The maximum Gasteiger partial charge on any atom is 0.146 e. The van der Waals surface area contributed by atoms with Crippen LogP contribution >= 0.6 is 15.9 Å². The highest BCUT2D eigenvalue weighted by Gasteiger charge is 2.07. The Bertz CT molecular complexity index is 544. The summed E-state index contributed by atoms with van der Waals surface area (Å²) in [6.07, 6.45) is 3.31. The monoisotopic (exact) mass is 307 g/mol. The van der Waals surface area contributed by atoms with Gasteiger partial charge in [0.25, 0.3) is 0 Å². The molecule has 0 radical (unpaired) electrons. The van der Waals surface area contributed by atoms with Gasteiger partial charge in [0, 0.05) is 13.2 Å². The summed E-state index contributed by atoms with van der Waals surface area (Å²) >= 11 is 3.46. The van der Waals surface area contributed by atoms with Gasteiger partial charge in [0.05, 0.1) is 12.2 Å². The number of pyridine rings is 1. The van der Waals surface area contributed by atoms with Crippen molar-refractivity contribution in [2.75, 3.05) is 17.7 Å². The second-order valence-corrected chi connectivity index (χ2v) is 4.55. The fourth-order valence-electron chi connectivity index (χ4n) is 1.54. The van der Waals surface area contributed by atoms with Gasteiger partial charge in [-0.2, -0.15) is 0 Å². The fourth-order valence-corrected chi connectivity index (χ4v) is 2.08. The highest BCUT2D eigenvalue weighted by molar-refractivity contribution is 9.10. The molecule has 2 aromatic heterocycles. The molecule has 2 aromatic rings. The smallest absolute Gasteiger partial charge is 0.146 e. The van der Waals surface area contributed by atoms with Crippen LogP contribution in [-0.2, 0) is 6.54 Å². The van der Waals surface area contributed by atoms with Crippen LogP contribution in [0.1, 0.15) is 11.3 Å². The number of nitrogens with zero attached hydrogens (tertiary/aromatic N) is 3. The van der Waals surface area contributed by atoms with Gasteiger partial charge < -0.3 is 10.6 Å². The summed E-state index contributed by atoms with van der Waals surface area (Å²) in [6.45, 7) is 2.67. The van der Waals surface area contributed by atoms with E-state index in [1.54, 1.807) is 6.20 Å². The molecule has 5 nitrogen and oxygen atoms in total. The summed E-state index contributed by atoms with van der Waals surface area (Å²) in [6, 6.07) is 3.97. The van der Waals surface area contributed by atoms with Crippen molar-refractivity contribution in [2.45, 2.75) is 13.5 Å². The van der Waals surface area contributed by atoms with Crippen molar-refractivity contribution in [3.05, 3.63) is 40.4 Å². The largest absolute Gasteiger partial charge is 0.372 e. The normalized spacial score (nSPS) is 10.2. The van der Waals surface area contributed by atoms with E-state index in [2.05, 4.69) is 41.5 Å². The first-order valence-corrected chi connectivity index (χ1v) is 6.34. The predicted molar refractivity (Wildman–Crippen MR) is 75.6 cm³/mol. The Morgan fingerprint density at radius 1 is 1.22 bits per heavy atom. The quantitative estimate of drug-likeness (QED) is 0.909. The van der Waals surface area contributed by atoms with Crippen molar-refractivity contribution >= 4 is 27.6 Å². The Morgan fingerprint density at radius 2 is 2.00 bits per heavy atom. The van der Waals surface area contributed by atoms with E-state index in [1.165, 1.54) is 6.33 Å². The van der Waals surface area contributed by atoms with E-state index in [9.17, 15) is 0 Å². The van der Waals surface area contributed by atoms with Gasteiger partial charge in [0.15, 0.2) is 0 Å². The van der Waals surface area contributed by atoms with Gasteiger partial charge in [0.2, 0.25) is 0 Å². The van der Waals surface area contributed by atoms with Crippen molar-refractivity contribution in [1.29, 1.82) is 0 Å². The second kappa shape index (κ2) is 5.77. The molecule has 94 valence electrons. The fraction of sp³-hybridized carbons (Fsp3) is 0.250. The van der Waals surface area contributed by atoms with E-state index in [-0.39, 0.29) is 0 Å². The van der Waals surface area contributed by atoms with Gasteiger partial charge in [0.1, 0.15) is 22.4 Å². The maximum atomic E-state index is 4.33. The Balaban J connectivity index is 2.14. The molecular weight excluding hydrogens is 294 g/mol. The summed E-state index contributed by atoms with van der Waals surface area (Å²) in [5.74, 6) is 1.50. The Labute approximate surface area is 114 Å². The van der Waals surface area contributed by atoms with Crippen molar-refractivity contribution < 1.29 is 0 Å². The minimum atomic E-state index is 0.630. The molecule has 2 rings (SSSR count). The third-order valence-corrected chi connectivity index (χ3v) is 3.32. The number of aryl methyl sites for hydroxylation is 1. The molecule has 0 amide bonds. The van der Waals surface area contributed by atoms with Gasteiger partial charge in [-0.25, -0.2) is 9.97 Å². The highest BCUT2D eigenvalue weighted by Crippen LogP contribution is 2.26. The van der Waals surface area contributed by atoms with E-state index < -0.39 is 0 Å². The standard InChI is InChI=1S/C12H14BrN5/c1-8-4-3-5-15-9(8)6-16-12-10(13)11(14-2)17-7-18-12/h3-5,7H,6H2,1-2H3,(H2,14,16,17,18). The molecule has 0 saturated heterocycles. The SMILES string of the molecule is CNc1ncnc(NCc2ncccc2C)c1Br. The van der Waals surface area contributed by atoms with Crippen LogP contribution in [0.25, 0.3) is 0 Å². The van der Waals surface area contributed by atoms with E-state index in [4.69, 9.17) is 0 Å². The van der Waals surface area contributed by atoms with Crippen LogP contribution in [0.15, 0.2) is 29.1 Å². The first-order valence-electron chi connectivity index (χ1n) is 5.55. The Kier molecular flexibility index (Phi) is 4.09. The molecule has 18 heavy (non-hydrogen) atoms. The second-order valence-electron chi connectivity index (χ2n) is 3.76. The molecule has 0 saturated carbocycles. The third kappa shape index (κ3) is 2.76. The predicted octanol–water partition coefficient (Wildman–Crippen LogP) is 2.60. The molecule has 0 spiro atoms. The number of hydrogen-bond donors (Lipinski definition) is 2. The first kappa shape index (κ1) is 12.8. The minimum Gasteiger partial charge on any atom is -0.372 e. The molecule has 0 aliphatic rings. The molecule has 0 bridgehead atoms. The molecule has 0 aliphatic carbocycles. The summed E-state index contributed by atoms with van der Waals surface area (Å²) < 4.78 is 0.820. The van der Waals surface area contributed by atoms with E-state index in [1.807, 2.05) is 26.1 Å². The number of halogens is 1. The molecule has 0 unspecified atom stereocenters. The summed E-state index contributed by atoms with van der Waals surface area (Å²) in [5.41, 5.74) is 2.16. The van der Waals surface area contributed by atoms with E-state index >= 15 is 0 Å². The average molecular weight is 308 g/mol. The van der Waals surface area contributed by atoms with Crippen LogP contribution in [-0.4, -0.2) is 22.0 Å². The van der Waals surface area contributed by atoms with Crippen LogP contribution in [0.4, 0.5) is 11.6 Å². The number of anilines is 2. The number of rotatable bonds is 4. The number of aromatic nitrogens is 3. The lowest BCUT2D eigenvalue weighted by Crippen LogP contribution is -2.07. The molecule has 2 heterocycles. The number of nitrogens with one attached hydrogen (secondary N) is 2. The van der Waals surface area contributed by atoms with Crippen LogP contribution < -0.4 is 10.6 Å². The summed E-state index contributed by atoms with van der Waals surface area (Å²) in [5, 5.41) is 6.24. The molecule has 2 N–H and O–H groups in total. The number of hydrogen-bond acceptors (Lipinski definition) is 5. The Hall–Kier alpha value is -1.69. The van der Waals surface area contributed by atoms with E-state index in [0.717, 1.165) is 27.4 Å². The summed E-state index contributed by atoms with van der Waals surface area (Å²) in [7, 11) is 1.82. The lowest BCUT2D eigenvalue weighted by molar-refractivity contribution is 0.995.